The molecule has 0 aromatic rings. The summed E-state index contributed by atoms with van der Waals surface area (Å²) in [5.74, 6) is -0.203. The highest BCUT2D eigenvalue weighted by molar-refractivity contribution is 5.80. The molecule has 1 unspecified atom stereocenters. The van der Waals surface area contributed by atoms with E-state index in [0.717, 1.165) is 31.6 Å². The van der Waals surface area contributed by atoms with E-state index < -0.39 is 11.5 Å². The van der Waals surface area contributed by atoms with Crippen LogP contribution < -0.4 is 5.32 Å². The van der Waals surface area contributed by atoms with Crippen LogP contribution in [0.4, 0.5) is 0 Å². The van der Waals surface area contributed by atoms with Crippen molar-refractivity contribution in [1.82, 2.24) is 5.32 Å². The topological polar surface area (TPSA) is 75.6 Å². The highest BCUT2D eigenvalue weighted by Crippen LogP contribution is 2.31. The highest BCUT2D eigenvalue weighted by Gasteiger charge is 2.33. The number of nitrogens with one attached hydrogen (secondary N) is 1. The van der Waals surface area contributed by atoms with E-state index in [1.165, 1.54) is 13.5 Å². The number of hydrogen-bond donors (Lipinski definition) is 2. The predicted octanol–water partition coefficient (Wildman–Crippen LogP) is 2.20. The maximum atomic E-state index is 12.3. The van der Waals surface area contributed by atoms with Gasteiger partial charge in [0.15, 0.2) is 0 Å². The number of hydrogen-bond acceptors (Lipinski definition) is 3. The fraction of sp³-hybridized carbons (Fsp3) is 0.867. The van der Waals surface area contributed by atoms with E-state index in [1.807, 2.05) is 0 Å². The number of methoxy groups -OCH3 is 1. The van der Waals surface area contributed by atoms with E-state index in [2.05, 4.69) is 12.2 Å². The summed E-state index contributed by atoms with van der Waals surface area (Å²) in [6.07, 6.45) is 5.04. The fourth-order valence-corrected chi connectivity index (χ4v) is 3.02. The smallest absolute Gasteiger partial charge is 0.305 e. The molecule has 0 bridgehead atoms. The van der Waals surface area contributed by atoms with Gasteiger partial charge in [-0.2, -0.15) is 0 Å². The van der Waals surface area contributed by atoms with E-state index in [0.29, 0.717) is 0 Å². The van der Waals surface area contributed by atoms with Gasteiger partial charge in [0, 0.05) is 13.0 Å². The van der Waals surface area contributed by atoms with Gasteiger partial charge in [-0.1, -0.05) is 13.3 Å². The summed E-state index contributed by atoms with van der Waals surface area (Å²) < 4.78 is 5.05. The second-order valence-corrected chi connectivity index (χ2v) is 6.18. The van der Waals surface area contributed by atoms with Crippen LogP contribution in [-0.4, -0.2) is 36.2 Å². The predicted molar refractivity (Wildman–Crippen MR) is 76.4 cm³/mol. The van der Waals surface area contributed by atoms with E-state index in [1.54, 1.807) is 6.92 Å². The minimum absolute atomic E-state index is 0.0165. The van der Waals surface area contributed by atoms with Gasteiger partial charge in [-0.3, -0.25) is 9.59 Å². The summed E-state index contributed by atoms with van der Waals surface area (Å²) in [5.41, 5.74) is -0.834. The third kappa shape index (κ3) is 5.12. The molecular formula is C15H27NO4. The normalized spacial score (nSPS) is 25.8. The molecule has 1 amide bonds. The number of amides is 1. The number of carbonyl (C=O) groups excluding carboxylic acids is 1. The Morgan fingerprint density at radius 2 is 1.90 bits per heavy atom. The number of aliphatic carboxylic acids is 1. The first kappa shape index (κ1) is 17.0. The number of ether oxygens (including phenoxy) is 1. The van der Waals surface area contributed by atoms with Crippen molar-refractivity contribution in [2.75, 3.05) is 13.7 Å². The van der Waals surface area contributed by atoms with E-state index in [9.17, 15) is 9.59 Å². The second-order valence-electron chi connectivity index (χ2n) is 6.18. The van der Waals surface area contributed by atoms with Crippen molar-refractivity contribution in [3.05, 3.63) is 0 Å². The largest absolute Gasteiger partial charge is 0.481 e. The lowest BCUT2D eigenvalue weighted by molar-refractivity contribution is -0.140. The monoisotopic (exact) mass is 285 g/mol. The molecule has 1 rings (SSSR count). The Kier molecular flexibility index (Phi) is 6.46. The molecule has 0 saturated heterocycles. The molecule has 5 nitrogen and oxygen atoms in total. The first-order valence-corrected chi connectivity index (χ1v) is 7.43. The van der Waals surface area contributed by atoms with Crippen molar-refractivity contribution >= 4 is 11.9 Å². The van der Waals surface area contributed by atoms with Gasteiger partial charge < -0.3 is 15.2 Å². The van der Waals surface area contributed by atoms with Crippen LogP contribution >= 0.6 is 0 Å². The second kappa shape index (κ2) is 7.62. The molecule has 1 atom stereocenters. The van der Waals surface area contributed by atoms with Crippen molar-refractivity contribution in [3.63, 3.8) is 0 Å². The maximum absolute atomic E-state index is 12.3. The molecule has 0 radical (unpaired) electrons. The molecule has 1 aliphatic rings. The summed E-state index contributed by atoms with van der Waals surface area (Å²) in [6, 6.07) is 0. The summed E-state index contributed by atoms with van der Waals surface area (Å²) >= 11 is 0. The van der Waals surface area contributed by atoms with E-state index in [4.69, 9.17) is 9.84 Å². The summed E-state index contributed by atoms with van der Waals surface area (Å²) in [5, 5.41) is 11.8. The number of rotatable bonds is 7. The van der Waals surface area contributed by atoms with Gasteiger partial charge in [0.1, 0.15) is 0 Å². The van der Waals surface area contributed by atoms with Gasteiger partial charge in [0.2, 0.25) is 5.91 Å². The van der Waals surface area contributed by atoms with Crippen molar-refractivity contribution in [1.29, 1.82) is 0 Å². The third-order valence-electron chi connectivity index (χ3n) is 4.22. The Labute approximate surface area is 121 Å². The van der Waals surface area contributed by atoms with Gasteiger partial charge >= 0.3 is 5.97 Å². The Morgan fingerprint density at radius 1 is 1.30 bits per heavy atom. The minimum Gasteiger partial charge on any atom is -0.481 e. The minimum atomic E-state index is -0.931. The quantitative estimate of drug-likeness (QED) is 0.752. The van der Waals surface area contributed by atoms with Crippen LogP contribution in [0.5, 0.6) is 0 Å². The van der Waals surface area contributed by atoms with Crippen molar-refractivity contribution in [2.24, 2.45) is 11.8 Å². The molecule has 20 heavy (non-hydrogen) atoms. The van der Waals surface area contributed by atoms with Crippen molar-refractivity contribution in [2.45, 2.75) is 57.9 Å². The van der Waals surface area contributed by atoms with E-state index in [-0.39, 0.29) is 24.9 Å². The number of carbonyl (C=O) groups is 2. The van der Waals surface area contributed by atoms with Crippen LogP contribution in [0.25, 0.3) is 0 Å². The molecule has 5 heteroatoms. The number of carboxylic acids is 1. The zero-order chi connectivity index (χ0) is 15.2. The van der Waals surface area contributed by atoms with Crippen molar-refractivity contribution in [3.8, 4) is 0 Å². The molecular weight excluding hydrogens is 258 g/mol. The van der Waals surface area contributed by atoms with Crippen LogP contribution in [0.15, 0.2) is 0 Å². The van der Waals surface area contributed by atoms with Gasteiger partial charge in [-0.15, -0.1) is 0 Å². The molecule has 2 N–H and O–H groups in total. The van der Waals surface area contributed by atoms with E-state index >= 15 is 0 Å². The SMILES string of the molecule is CCC1CCC(C(=O)NC(C)(COC)CC(=O)O)CC1. The van der Waals surface area contributed by atoms with Crippen LogP contribution in [0.3, 0.4) is 0 Å². The molecule has 1 saturated carbocycles. The molecule has 0 heterocycles. The summed E-state index contributed by atoms with van der Waals surface area (Å²) in [4.78, 5) is 23.2. The average Bonchev–Trinajstić information content (AvgIpc) is 2.37. The molecule has 0 aromatic heterocycles. The highest BCUT2D eigenvalue weighted by atomic mass is 16.5. The van der Waals surface area contributed by atoms with Crippen LogP contribution in [-0.2, 0) is 14.3 Å². The molecule has 0 aliphatic heterocycles. The van der Waals surface area contributed by atoms with Gasteiger partial charge in [-0.05, 0) is 38.5 Å². The zero-order valence-corrected chi connectivity index (χ0v) is 12.8. The molecule has 116 valence electrons. The first-order valence-electron chi connectivity index (χ1n) is 7.43. The van der Waals surface area contributed by atoms with Crippen LogP contribution in [0, 0.1) is 11.8 Å². The summed E-state index contributed by atoms with van der Waals surface area (Å²) in [6.45, 7) is 4.11. The Balaban J connectivity index is 2.56. The average molecular weight is 285 g/mol. The van der Waals surface area contributed by atoms with Crippen LogP contribution in [0.2, 0.25) is 0 Å². The standard InChI is InChI=1S/C15H27NO4/c1-4-11-5-7-12(8-6-11)14(19)16-15(2,10-20-3)9-13(17)18/h11-12H,4-10H2,1-3H3,(H,16,19)(H,17,18). The van der Waals surface area contributed by atoms with Crippen molar-refractivity contribution < 1.29 is 19.4 Å². The molecule has 1 aliphatic carbocycles. The van der Waals surface area contributed by atoms with Gasteiger partial charge in [0.25, 0.3) is 0 Å². The first-order chi connectivity index (χ1) is 9.40. The zero-order valence-electron chi connectivity index (χ0n) is 12.8. The Bertz CT molecular complexity index is 337. The maximum Gasteiger partial charge on any atom is 0.305 e. The Hall–Kier alpha value is -1.10. The van der Waals surface area contributed by atoms with Gasteiger partial charge in [-0.25, -0.2) is 0 Å². The number of carboxylic acid groups (broad SMARTS) is 1. The summed E-state index contributed by atoms with van der Waals surface area (Å²) in [7, 11) is 1.51. The fourth-order valence-electron chi connectivity index (χ4n) is 3.02. The van der Waals surface area contributed by atoms with Gasteiger partial charge in [0.05, 0.1) is 18.6 Å². The molecule has 1 fully saturated rings. The van der Waals surface area contributed by atoms with Crippen LogP contribution in [0.1, 0.15) is 52.4 Å². The molecule has 0 spiro atoms. The lowest BCUT2D eigenvalue weighted by atomic mass is 9.80. The lowest BCUT2D eigenvalue weighted by Gasteiger charge is -2.33. The lowest BCUT2D eigenvalue weighted by Crippen LogP contribution is -2.52. The molecule has 0 aromatic carbocycles. The Morgan fingerprint density at radius 3 is 2.35 bits per heavy atom. The third-order valence-corrected chi connectivity index (χ3v) is 4.22.